The Morgan fingerprint density at radius 3 is 2.60 bits per heavy atom. The number of nitrogens with one attached hydrogen (secondary N) is 1. The molecular weight excluding hydrogens is 318 g/mol. The Bertz CT molecular complexity index is 690. The molecular formula is C18H25N5O2. The lowest BCUT2D eigenvalue weighted by atomic mass is 10.2. The Morgan fingerprint density at radius 1 is 1.20 bits per heavy atom. The Labute approximate surface area is 148 Å². The van der Waals surface area contributed by atoms with Gasteiger partial charge in [-0.2, -0.15) is 5.10 Å². The van der Waals surface area contributed by atoms with Gasteiger partial charge in [0.15, 0.2) is 0 Å². The van der Waals surface area contributed by atoms with Gasteiger partial charge in [0.2, 0.25) is 0 Å². The zero-order valence-corrected chi connectivity index (χ0v) is 14.8. The molecule has 0 saturated carbocycles. The second kappa shape index (κ2) is 8.13. The third-order valence-electron chi connectivity index (χ3n) is 4.29. The zero-order valence-electron chi connectivity index (χ0n) is 14.8. The van der Waals surface area contributed by atoms with E-state index in [1.807, 2.05) is 54.1 Å². The molecule has 1 N–H and O–H groups in total. The summed E-state index contributed by atoms with van der Waals surface area (Å²) in [4.78, 5) is 16.7. The number of nitrogens with zero attached hydrogens (tertiary/aromatic N) is 4. The predicted octanol–water partition coefficient (Wildman–Crippen LogP) is 1.53. The molecule has 2 heterocycles. The van der Waals surface area contributed by atoms with Crippen LogP contribution in [0.4, 0.5) is 11.4 Å². The quantitative estimate of drug-likeness (QED) is 0.862. The number of carbonyl (C=O) groups is 1. The number of rotatable bonds is 6. The third-order valence-corrected chi connectivity index (χ3v) is 4.29. The smallest absolute Gasteiger partial charge is 0.255 e. The van der Waals surface area contributed by atoms with E-state index in [1.165, 1.54) is 0 Å². The molecule has 1 aliphatic rings. The van der Waals surface area contributed by atoms with E-state index in [9.17, 15) is 4.79 Å². The number of morpholine rings is 1. The van der Waals surface area contributed by atoms with Gasteiger partial charge in [0.1, 0.15) is 0 Å². The minimum absolute atomic E-state index is 0.127. The van der Waals surface area contributed by atoms with Crippen LogP contribution in [0.25, 0.3) is 0 Å². The van der Waals surface area contributed by atoms with E-state index in [0.29, 0.717) is 11.3 Å². The average Bonchev–Trinajstić information content (AvgIpc) is 3.08. The summed E-state index contributed by atoms with van der Waals surface area (Å²) in [6.45, 7) is 5.26. The van der Waals surface area contributed by atoms with Gasteiger partial charge in [-0.05, 0) is 24.3 Å². The molecule has 0 unspecified atom stereocenters. The molecule has 1 saturated heterocycles. The fourth-order valence-electron chi connectivity index (χ4n) is 2.73. The number of benzene rings is 1. The van der Waals surface area contributed by atoms with Crippen molar-refractivity contribution >= 4 is 17.3 Å². The molecule has 1 fully saturated rings. The number of hydrogen-bond donors (Lipinski definition) is 1. The minimum Gasteiger partial charge on any atom is -0.379 e. The molecule has 2 aromatic rings. The lowest BCUT2D eigenvalue weighted by Crippen LogP contribution is -2.38. The lowest BCUT2D eigenvalue weighted by molar-refractivity contribution is 0.0360. The maximum absolute atomic E-state index is 12.3. The molecule has 0 radical (unpaired) electrons. The summed E-state index contributed by atoms with van der Waals surface area (Å²) in [6.07, 6.45) is 3.55. The fourth-order valence-corrected chi connectivity index (χ4v) is 2.73. The highest BCUT2D eigenvalue weighted by molar-refractivity contribution is 6.04. The van der Waals surface area contributed by atoms with Crippen LogP contribution in [0, 0.1) is 0 Å². The van der Waals surface area contributed by atoms with E-state index < -0.39 is 0 Å². The van der Waals surface area contributed by atoms with Crippen molar-refractivity contribution in [2.45, 2.75) is 6.54 Å². The third kappa shape index (κ3) is 4.80. The van der Waals surface area contributed by atoms with Gasteiger partial charge in [-0.1, -0.05) is 0 Å². The van der Waals surface area contributed by atoms with E-state index in [-0.39, 0.29) is 5.91 Å². The van der Waals surface area contributed by atoms with E-state index in [2.05, 4.69) is 15.3 Å². The van der Waals surface area contributed by atoms with Crippen LogP contribution in [0.3, 0.4) is 0 Å². The normalized spacial score (nSPS) is 15.1. The number of anilines is 2. The Kier molecular flexibility index (Phi) is 5.67. The van der Waals surface area contributed by atoms with Gasteiger partial charge in [0, 0.05) is 51.2 Å². The summed E-state index contributed by atoms with van der Waals surface area (Å²) >= 11 is 0. The van der Waals surface area contributed by atoms with Gasteiger partial charge in [-0.15, -0.1) is 0 Å². The molecule has 3 rings (SSSR count). The largest absolute Gasteiger partial charge is 0.379 e. The fraction of sp³-hybridized carbons (Fsp3) is 0.444. The average molecular weight is 343 g/mol. The van der Waals surface area contributed by atoms with E-state index >= 15 is 0 Å². The maximum Gasteiger partial charge on any atom is 0.255 e. The van der Waals surface area contributed by atoms with Gasteiger partial charge < -0.3 is 15.0 Å². The van der Waals surface area contributed by atoms with Gasteiger partial charge in [0.05, 0.1) is 31.6 Å². The number of ether oxygens (including phenoxy) is 1. The second-order valence-corrected chi connectivity index (χ2v) is 6.34. The molecule has 25 heavy (non-hydrogen) atoms. The number of hydrogen-bond acceptors (Lipinski definition) is 5. The van der Waals surface area contributed by atoms with Crippen molar-refractivity contribution in [1.82, 2.24) is 14.7 Å². The first-order valence-electron chi connectivity index (χ1n) is 8.53. The van der Waals surface area contributed by atoms with Crippen LogP contribution >= 0.6 is 0 Å². The summed E-state index contributed by atoms with van der Waals surface area (Å²) < 4.78 is 7.21. The first-order chi connectivity index (χ1) is 12.1. The summed E-state index contributed by atoms with van der Waals surface area (Å²) in [7, 11) is 3.95. The Balaban J connectivity index is 1.52. The van der Waals surface area contributed by atoms with Crippen LogP contribution in [0.2, 0.25) is 0 Å². The van der Waals surface area contributed by atoms with Crippen molar-refractivity contribution in [2.24, 2.45) is 0 Å². The van der Waals surface area contributed by atoms with Gasteiger partial charge >= 0.3 is 0 Å². The summed E-state index contributed by atoms with van der Waals surface area (Å²) in [5, 5.41) is 7.22. The van der Waals surface area contributed by atoms with E-state index in [0.717, 1.165) is 45.1 Å². The van der Waals surface area contributed by atoms with Gasteiger partial charge in [-0.25, -0.2) is 0 Å². The van der Waals surface area contributed by atoms with Crippen LogP contribution in [-0.2, 0) is 11.3 Å². The van der Waals surface area contributed by atoms with Gasteiger partial charge in [0.25, 0.3) is 5.91 Å². The van der Waals surface area contributed by atoms with Crippen LogP contribution in [0.1, 0.15) is 10.4 Å². The highest BCUT2D eigenvalue weighted by Gasteiger charge is 2.11. The van der Waals surface area contributed by atoms with Crippen molar-refractivity contribution < 1.29 is 9.53 Å². The Morgan fingerprint density at radius 2 is 1.92 bits per heavy atom. The summed E-state index contributed by atoms with van der Waals surface area (Å²) in [6, 6.07) is 7.52. The molecule has 7 heteroatoms. The van der Waals surface area contributed by atoms with Gasteiger partial charge in [-0.3, -0.25) is 14.4 Å². The first kappa shape index (κ1) is 17.4. The highest BCUT2D eigenvalue weighted by Crippen LogP contribution is 2.14. The predicted molar refractivity (Wildman–Crippen MR) is 98.2 cm³/mol. The SMILES string of the molecule is CN(C)c1ccc(C(=O)Nc2cnn(CCN3CCOCC3)c2)cc1. The molecule has 0 atom stereocenters. The monoisotopic (exact) mass is 343 g/mol. The van der Waals surface area contributed by atoms with Crippen molar-refractivity contribution in [1.29, 1.82) is 0 Å². The first-order valence-corrected chi connectivity index (χ1v) is 8.53. The van der Waals surface area contributed by atoms with Crippen LogP contribution < -0.4 is 10.2 Å². The lowest BCUT2D eigenvalue weighted by Gasteiger charge is -2.26. The topological polar surface area (TPSA) is 62.6 Å². The molecule has 1 aliphatic heterocycles. The van der Waals surface area contributed by atoms with E-state index in [1.54, 1.807) is 6.20 Å². The van der Waals surface area contributed by atoms with Crippen LogP contribution in [0.5, 0.6) is 0 Å². The van der Waals surface area contributed by atoms with Crippen molar-refractivity contribution in [3.8, 4) is 0 Å². The summed E-state index contributed by atoms with van der Waals surface area (Å²) in [5.74, 6) is -0.127. The van der Waals surface area contributed by atoms with Crippen LogP contribution in [-0.4, -0.2) is 67.5 Å². The maximum atomic E-state index is 12.3. The highest BCUT2D eigenvalue weighted by atomic mass is 16.5. The van der Waals surface area contributed by atoms with Crippen molar-refractivity contribution in [3.63, 3.8) is 0 Å². The standard InChI is InChI=1S/C18H25N5O2/c1-21(2)17-5-3-15(4-6-17)18(24)20-16-13-19-23(14-16)8-7-22-9-11-25-12-10-22/h3-6,13-14H,7-12H2,1-2H3,(H,20,24). The second-order valence-electron chi connectivity index (χ2n) is 6.34. The number of aromatic nitrogens is 2. The van der Waals surface area contributed by atoms with Crippen LogP contribution in [0.15, 0.2) is 36.7 Å². The zero-order chi connectivity index (χ0) is 17.6. The summed E-state index contributed by atoms with van der Waals surface area (Å²) in [5.41, 5.74) is 2.41. The number of amides is 1. The molecule has 1 aromatic heterocycles. The minimum atomic E-state index is -0.127. The molecule has 0 spiro atoms. The number of carbonyl (C=O) groups excluding carboxylic acids is 1. The van der Waals surface area contributed by atoms with E-state index in [4.69, 9.17) is 4.74 Å². The molecule has 0 aliphatic carbocycles. The van der Waals surface area contributed by atoms with Crippen molar-refractivity contribution in [2.75, 3.05) is 57.2 Å². The molecule has 0 bridgehead atoms. The van der Waals surface area contributed by atoms with Crippen molar-refractivity contribution in [3.05, 3.63) is 42.2 Å². The molecule has 1 aromatic carbocycles. The molecule has 1 amide bonds. The molecule has 7 nitrogen and oxygen atoms in total. The Hall–Kier alpha value is -2.38. The molecule has 134 valence electrons.